The lowest BCUT2D eigenvalue weighted by Crippen LogP contribution is -2.28. The van der Waals surface area contributed by atoms with Crippen LogP contribution in [0.25, 0.3) is 0 Å². The minimum Gasteiger partial charge on any atom is -0.396 e. The van der Waals surface area contributed by atoms with Crippen LogP contribution in [0.3, 0.4) is 0 Å². The minimum atomic E-state index is -4.04. The molecule has 26 heavy (non-hydrogen) atoms. The van der Waals surface area contributed by atoms with E-state index in [0.717, 1.165) is 0 Å². The first kappa shape index (κ1) is 20.6. The molecule has 6 N–H and O–H groups in total. The number of hydrogen-bond donors (Lipinski definition) is 5. The molecule has 3 atom stereocenters. The monoisotopic (exact) mass is 387 g/mol. The lowest BCUT2D eigenvalue weighted by atomic mass is 10.1. The van der Waals surface area contributed by atoms with Crippen molar-refractivity contribution in [3.05, 3.63) is 22.2 Å². The van der Waals surface area contributed by atoms with Crippen LogP contribution >= 0.6 is 7.60 Å². The highest BCUT2D eigenvalue weighted by atomic mass is 31.2. The van der Waals surface area contributed by atoms with E-state index in [1.807, 2.05) is 0 Å². The third kappa shape index (κ3) is 5.64. The molecule has 0 bridgehead atoms. The van der Waals surface area contributed by atoms with E-state index in [1.54, 1.807) is 0 Å². The van der Waals surface area contributed by atoms with Crippen molar-refractivity contribution in [1.82, 2.24) is 9.55 Å². The van der Waals surface area contributed by atoms with Crippen molar-refractivity contribution < 1.29 is 29.3 Å². The number of ether oxygens (including phenoxy) is 1. The molecule has 1 saturated heterocycles. The predicted octanol–water partition coefficient (Wildman–Crippen LogP) is -0.834. The van der Waals surface area contributed by atoms with Crippen molar-refractivity contribution in [1.29, 1.82) is 0 Å². The van der Waals surface area contributed by atoms with Crippen LogP contribution in [-0.4, -0.2) is 54.5 Å². The summed E-state index contributed by atoms with van der Waals surface area (Å²) in [4.78, 5) is 33.3. The molecule has 2 heterocycles. The fourth-order valence-electron chi connectivity index (χ4n) is 2.59. The molecule has 10 nitrogen and oxygen atoms in total. The van der Waals surface area contributed by atoms with E-state index in [4.69, 9.17) is 25.4 Å². The molecule has 1 fully saturated rings. The lowest BCUT2D eigenvalue weighted by Gasteiger charge is -2.15. The molecule has 0 saturated carbocycles. The molecule has 2 rings (SSSR count). The molecule has 1 aromatic heterocycles. The Morgan fingerprint density at radius 3 is 2.85 bits per heavy atom. The van der Waals surface area contributed by atoms with Gasteiger partial charge in [-0.05, 0) is 12.8 Å². The van der Waals surface area contributed by atoms with E-state index < -0.39 is 31.7 Å². The van der Waals surface area contributed by atoms with Crippen LogP contribution in [-0.2, 0) is 9.30 Å². The van der Waals surface area contributed by atoms with E-state index in [2.05, 4.69) is 16.8 Å². The third-order valence-electron chi connectivity index (χ3n) is 3.88. The van der Waals surface area contributed by atoms with Gasteiger partial charge in [-0.3, -0.25) is 9.13 Å². The molecule has 1 aromatic rings. The van der Waals surface area contributed by atoms with Gasteiger partial charge in [-0.1, -0.05) is 11.8 Å². The van der Waals surface area contributed by atoms with Crippen molar-refractivity contribution in [2.45, 2.75) is 44.1 Å². The number of hydrogen-bond acceptors (Lipinski definition) is 7. The number of nitrogen functional groups attached to an aromatic ring is 1. The second-order valence-corrected chi connectivity index (χ2v) is 7.74. The summed E-state index contributed by atoms with van der Waals surface area (Å²) in [6, 6.07) is 0. The summed E-state index contributed by atoms with van der Waals surface area (Å²) >= 11 is 0. The number of aliphatic hydroxyl groups excluding tert-OH is 2. The fourth-order valence-corrected chi connectivity index (χ4v) is 3.16. The van der Waals surface area contributed by atoms with Gasteiger partial charge in [0.1, 0.15) is 12.0 Å². The fraction of sp³-hybridized carbons (Fsp3) is 0.600. The first-order valence-corrected chi connectivity index (χ1v) is 9.87. The Labute approximate surface area is 149 Å². The Morgan fingerprint density at radius 1 is 1.46 bits per heavy atom. The summed E-state index contributed by atoms with van der Waals surface area (Å²) in [7, 11) is -4.04. The highest BCUT2D eigenvalue weighted by molar-refractivity contribution is 7.51. The predicted molar refractivity (Wildman–Crippen MR) is 92.2 cm³/mol. The summed E-state index contributed by atoms with van der Waals surface area (Å²) in [5.41, 5.74) is 5.34. The lowest BCUT2D eigenvalue weighted by molar-refractivity contribution is -0.0306. The van der Waals surface area contributed by atoms with Crippen molar-refractivity contribution in [3.63, 3.8) is 0 Å². The quantitative estimate of drug-likeness (QED) is 0.237. The zero-order chi connectivity index (χ0) is 19.3. The number of nitrogens with two attached hydrogens (primary N) is 1. The largest absolute Gasteiger partial charge is 0.396 e. The van der Waals surface area contributed by atoms with Gasteiger partial charge in [0, 0.05) is 25.6 Å². The van der Waals surface area contributed by atoms with Crippen molar-refractivity contribution >= 4 is 13.4 Å². The van der Waals surface area contributed by atoms with Crippen molar-refractivity contribution in [2.24, 2.45) is 0 Å². The molecule has 0 amide bonds. The Hall–Kier alpha value is -1.73. The van der Waals surface area contributed by atoms with Gasteiger partial charge >= 0.3 is 13.3 Å². The van der Waals surface area contributed by atoms with Gasteiger partial charge < -0.3 is 30.5 Å². The van der Waals surface area contributed by atoms with Crippen LogP contribution in [0.4, 0.5) is 5.82 Å². The Bertz CT molecular complexity index is 795. The van der Waals surface area contributed by atoms with E-state index in [9.17, 15) is 14.5 Å². The maximum Gasteiger partial charge on any atom is 0.351 e. The standard InChI is InChI=1S/C15H22N3O7P/c16-14-10(4-2-1-3-7-26(22,23)24)9-18(15(21)17-14)13-8-11(20)12(25-13)5-6-19/h9,11-13,19-20H,1,3,5-8H2,(H2,16,17,21)(H2,22,23,24). The normalized spacial score (nSPS) is 22.8. The first-order valence-electron chi connectivity index (χ1n) is 8.07. The number of aromatic nitrogens is 2. The summed E-state index contributed by atoms with van der Waals surface area (Å²) < 4.78 is 17.6. The third-order valence-corrected chi connectivity index (χ3v) is 4.78. The Kier molecular flexibility index (Phi) is 6.94. The van der Waals surface area contributed by atoms with Crippen LogP contribution in [0, 0.1) is 11.8 Å². The topological polar surface area (TPSA) is 168 Å². The Balaban J connectivity index is 2.12. The first-order chi connectivity index (χ1) is 12.2. The molecular formula is C15H22N3O7P. The Morgan fingerprint density at radius 2 is 2.19 bits per heavy atom. The molecule has 144 valence electrons. The van der Waals surface area contributed by atoms with Crippen LogP contribution in [0.5, 0.6) is 0 Å². The molecule has 3 unspecified atom stereocenters. The van der Waals surface area contributed by atoms with Crippen LogP contribution < -0.4 is 11.4 Å². The second-order valence-electron chi connectivity index (χ2n) is 5.97. The minimum absolute atomic E-state index is 0.0563. The van der Waals surface area contributed by atoms with E-state index in [0.29, 0.717) is 0 Å². The molecule has 0 spiro atoms. The van der Waals surface area contributed by atoms with Gasteiger partial charge in [0.05, 0.1) is 23.9 Å². The van der Waals surface area contributed by atoms with Crippen molar-refractivity contribution in [2.75, 3.05) is 18.5 Å². The number of aliphatic hydroxyl groups is 2. The smallest absolute Gasteiger partial charge is 0.351 e. The molecule has 0 aromatic carbocycles. The van der Waals surface area contributed by atoms with E-state index in [-0.39, 0.29) is 49.8 Å². The maximum atomic E-state index is 12.1. The van der Waals surface area contributed by atoms with Crippen LogP contribution in [0.1, 0.15) is 37.5 Å². The molecule has 1 aliphatic rings. The number of unbranched alkanes of at least 4 members (excludes halogenated alkanes) is 1. The molecule has 0 radical (unpaired) electrons. The average molecular weight is 387 g/mol. The highest BCUT2D eigenvalue weighted by Crippen LogP contribution is 2.35. The summed E-state index contributed by atoms with van der Waals surface area (Å²) in [6.45, 7) is -0.144. The van der Waals surface area contributed by atoms with E-state index >= 15 is 0 Å². The summed E-state index contributed by atoms with van der Waals surface area (Å²) in [6.07, 6.45) is -0.0835. The highest BCUT2D eigenvalue weighted by Gasteiger charge is 2.35. The van der Waals surface area contributed by atoms with Gasteiger partial charge in [0.2, 0.25) is 0 Å². The second kappa shape index (κ2) is 8.77. The van der Waals surface area contributed by atoms with Gasteiger partial charge in [-0.2, -0.15) is 4.98 Å². The van der Waals surface area contributed by atoms with E-state index in [1.165, 1.54) is 10.8 Å². The van der Waals surface area contributed by atoms with Gasteiger partial charge in [-0.25, -0.2) is 4.79 Å². The van der Waals surface area contributed by atoms with Crippen LogP contribution in [0.2, 0.25) is 0 Å². The van der Waals surface area contributed by atoms with Crippen LogP contribution in [0.15, 0.2) is 11.0 Å². The molecule has 11 heteroatoms. The average Bonchev–Trinajstić information content (AvgIpc) is 2.89. The molecular weight excluding hydrogens is 365 g/mol. The zero-order valence-electron chi connectivity index (χ0n) is 14.0. The van der Waals surface area contributed by atoms with Gasteiger partial charge in [0.15, 0.2) is 0 Å². The number of nitrogens with zero attached hydrogens (tertiary/aromatic N) is 2. The van der Waals surface area contributed by atoms with Gasteiger partial charge in [0.25, 0.3) is 0 Å². The summed E-state index contributed by atoms with van der Waals surface area (Å²) in [5, 5.41) is 18.9. The molecule has 1 aliphatic heterocycles. The maximum absolute atomic E-state index is 12.1. The van der Waals surface area contributed by atoms with Gasteiger partial charge in [-0.15, -0.1) is 0 Å². The van der Waals surface area contributed by atoms with Crippen molar-refractivity contribution in [3.8, 4) is 11.8 Å². The zero-order valence-corrected chi connectivity index (χ0v) is 14.9. The number of anilines is 1. The number of rotatable bonds is 6. The molecule has 0 aliphatic carbocycles. The SMILES string of the molecule is Nc1nc(=O)n(C2CC(O)C(CCO)O2)cc1C#CCCCP(=O)(O)O. The summed E-state index contributed by atoms with van der Waals surface area (Å²) in [5.74, 6) is 5.41.